The van der Waals surface area contributed by atoms with E-state index in [0.29, 0.717) is 6.54 Å². The van der Waals surface area contributed by atoms with Crippen molar-refractivity contribution in [2.24, 2.45) is 0 Å². The van der Waals surface area contributed by atoms with Crippen LogP contribution in [0.25, 0.3) is 0 Å². The molecular formula is C11H12N2O3. The number of amides is 2. The second-order valence-electron chi connectivity index (χ2n) is 3.66. The van der Waals surface area contributed by atoms with Crippen molar-refractivity contribution < 1.29 is 14.7 Å². The molecule has 0 aliphatic carbocycles. The largest absolute Gasteiger partial charge is 0.465 e. The maximum Gasteiger partial charge on any atom is 0.408 e. The number of hydrogen-bond donors (Lipinski definition) is 2. The Morgan fingerprint density at radius 3 is 2.56 bits per heavy atom. The molecule has 0 spiro atoms. The quantitative estimate of drug-likeness (QED) is 0.735. The highest BCUT2D eigenvalue weighted by Gasteiger charge is 2.36. The molecule has 1 aromatic carbocycles. The van der Waals surface area contributed by atoms with Gasteiger partial charge in [0, 0.05) is 13.1 Å². The number of carbonyl (C=O) groups excluding carboxylic acids is 1. The minimum absolute atomic E-state index is 0.224. The molecule has 0 radical (unpaired) electrons. The first-order valence-corrected chi connectivity index (χ1v) is 4.99. The van der Waals surface area contributed by atoms with Gasteiger partial charge in [0.15, 0.2) is 0 Å². The van der Waals surface area contributed by atoms with E-state index in [4.69, 9.17) is 5.11 Å². The van der Waals surface area contributed by atoms with Gasteiger partial charge in [0.1, 0.15) is 6.04 Å². The second kappa shape index (κ2) is 4.22. The fourth-order valence-corrected chi connectivity index (χ4v) is 1.62. The molecule has 0 aromatic heterocycles. The van der Waals surface area contributed by atoms with Gasteiger partial charge in [0.25, 0.3) is 0 Å². The molecular weight excluding hydrogens is 208 g/mol. The van der Waals surface area contributed by atoms with E-state index in [0.717, 1.165) is 10.5 Å². The highest BCUT2D eigenvalue weighted by Crippen LogP contribution is 2.12. The normalized spacial score (nSPS) is 18.5. The number of nitrogens with zero attached hydrogens (tertiary/aromatic N) is 1. The summed E-state index contributed by atoms with van der Waals surface area (Å²) < 4.78 is 0. The molecule has 0 unspecified atom stereocenters. The van der Waals surface area contributed by atoms with Crippen molar-refractivity contribution in [3.05, 3.63) is 35.9 Å². The average Bonchev–Trinajstić information content (AvgIpc) is 2.27. The van der Waals surface area contributed by atoms with Crippen molar-refractivity contribution in [3.63, 3.8) is 0 Å². The van der Waals surface area contributed by atoms with E-state index in [1.807, 2.05) is 30.3 Å². The molecule has 2 N–H and O–H groups in total. The summed E-state index contributed by atoms with van der Waals surface area (Å²) in [5.41, 5.74) is 0.879. The van der Waals surface area contributed by atoms with Crippen LogP contribution < -0.4 is 5.32 Å². The van der Waals surface area contributed by atoms with Crippen LogP contribution in [0.1, 0.15) is 5.56 Å². The average molecular weight is 220 g/mol. The van der Waals surface area contributed by atoms with Crippen LogP contribution in [0.4, 0.5) is 4.79 Å². The molecule has 1 heterocycles. The molecule has 1 fully saturated rings. The molecule has 2 amide bonds. The molecule has 1 aromatic rings. The van der Waals surface area contributed by atoms with Crippen molar-refractivity contribution in [1.29, 1.82) is 0 Å². The Hall–Kier alpha value is -2.04. The fourth-order valence-electron chi connectivity index (χ4n) is 1.62. The molecule has 16 heavy (non-hydrogen) atoms. The number of nitrogens with one attached hydrogen (secondary N) is 1. The lowest BCUT2D eigenvalue weighted by atomic mass is 10.1. The number of carbonyl (C=O) groups is 2. The molecule has 1 aliphatic heterocycles. The molecule has 2 rings (SSSR count). The zero-order valence-corrected chi connectivity index (χ0v) is 8.59. The van der Waals surface area contributed by atoms with Gasteiger partial charge in [0.05, 0.1) is 0 Å². The minimum atomic E-state index is -1.07. The monoisotopic (exact) mass is 220 g/mol. The van der Waals surface area contributed by atoms with E-state index >= 15 is 0 Å². The SMILES string of the molecule is O=C1NC[C@@H]1N(Cc1ccccc1)C(=O)O. The summed E-state index contributed by atoms with van der Waals surface area (Å²) in [6, 6.07) is 8.69. The third-order valence-corrected chi connectivity index (χ3v) is 2.59. The molecule has 5 nitrogen and oxygen atoms in total. The van der Waals surface area contributed by atoms with E-state index < -0.39 is 12.1 Å². The number of carboxylic acid groups (broad SMARTS) is 1. The Morgan fingerprint density at radius 2 is 2.12 bits per heavy atom. The highest BCUT2D eigenvalue weighted by atomic mass is 16.4. The van der Waals surface area contributed by atoms with Gasteiger partial charge >= 0.3 is 6.09 Å². The van der Waals surface area contributed by atoms with Crippen molar-refractivity contribution in [1.82, 2.24) is 10.2 Å². The third kappa shape index (κ3) is 1.98. The van der Waals surface area contributed by atoms with E-state index in [-0.39, 0.29) is 12.5 Å². The summed E-state index contributed by atoms with van der Waals surface area (Å²) in [7, 11) is 0. The first kappa shape index (κ1) is 10.5. The Bertz CT molecular complexity index is 405. The number of β-lactam (4-membered cyclic amide) rings is 1. The number of rotatable bonds is 3. The van der Waals surface area contributed by atoms with Crippen molar-refractivity contribution in [2.45, 2.75) is 12.6 Å². The van der Waals surface area contributed by atoms with Crippen LogP contribution in [0.2, 0.25) is 0 Å². The Kier molecular flexibility index (Phi) is 2.76. The van der Waals surface area contributed by atoms with Crippen molar-refractivity contribution >= 4 is 12.0 Å². The van der Waals surface area contributed by atoms with E-state index in [9.17, 15) is 9.59 Å². The van der Waals surface area contributed by atoms with Gasteiger partial charge in [-0.2, -0.15) is 0 Å². The van der Waals surface area contributed by atoms with Crippen LogP contribution in [0.15, 0.2) is 30.3 Å². The van der Waals surface area contributed by atoms with Crippen LogP contribution in [-0.4, -0.2) is 34.6 Å². The van der Waals surface area contributed by atoms with Crippen LogP contribution in [0.5, 0.6) is 0 Å². The molecule has 84 valence electrons. The number of hydrogen-bond acceptors (Lipinski definition) is 2. The van der Waals surface area contributed by atoms with Crippen LogP contribution in [0, 0.1) is 0 Å². The summed E-state index contributed by atoms with van der Waals surface area (Å²) in [5.74, 6) is -0.224. The molecule has 0 bridgehead atoms. The van der Waals surface area contributed by atoms with Crippen LogP contribution >= 0.6 is 0 Å². The highest BCUT2D eigenvalue weighted by molar-refractivity contribution is 5.90. The Balaban J connectivity index is 2.09. The first-order valence-electron chi connectivity index (χ1n) is 4.99. The fraction of sp³-hybridized carbons (Fsp3) is 0.273. The van der Waals surface area contributed by atoms with Gasteiger partial charge in [-0.15, -0.1) is 0 Å². The summed E-state index contributed by atoms with van der Waals surface area (Å²) in [6.45, 7) is 0.645. The number of benzene rings is 1. The molecule has 5 heteroatoms. The van der Waals surface area contributed by atoms with Gasteiger partial charge in [0.2, 0.25) is 5.91 Å². The molecule has 1 saturated heterocycles. The van der Waals surface area contributed by atoms with Gasteiger partial charge < -0.3 is 10.4 Å². The maximum absolute atomic E-state index is 11.2. The standard InChI is InChI=1S/C11H12N2O3/c14-10-9(6-12-10)13(11(15)16)7-8-4-2-1-3-5-8/h1-5,9H,6-7H2,(H,12,14)(H,15,16)/t9-/m0/s1. The Morgan fingerprint density at radius 1 is 1.44 bits per heavy atom. The summed E-state index contributed by atoms with van der Waals surface area (Å²) in [4.78, 5) is 23.3. The van der Waals surface area contributed by atoms with E-state index in [1.54, 1.807) is 0 Å². The topological polar surface area (TPSA) is 69.6 Å². The lowest BCUT2D eigenvalue weighted by molar-refractivity contribution is -0.132. The van der Waals surface area contributed by atoms with E-state index in [1.165, 1.54) is 0 Å². The predicted octanol–water partition coefficient (Wildman–Crippen LogP) is 0.665. The lowest BCUT2D eigenvalue weighted by Gasteiger charge is -2.34. The molecule has 1 atom stereocenters. The summed E-state index contributed by atoms with van der Waals surface area (Å²) in [6.07, 6.45) is -1.07. The zero-order chi connectivity index (χ0) is 11.5. The lowest BCUT2D eigenvalue weighted by Crippen LogP contribution is -2.62. The zero-order valence-electron chi connectivity index (χ0n) is 8.59. The van der Waals surface area contributed by atoms with Crippen LogP contribution in [0.3, 0.4) is 0 Å². The van der Waals surface area contributed by atoms with Crippen molar-refractivity contribution in [2.75, 3.05) is 6.54 Å². The van der Waals surface area contributed by atoms with Crippen LogP contribution in [-0.2, 0) is 11.3 Å². The second-order valence-corrected chi connectivity index (χ2v) is 3.66. The van der Waals surface area contributed by atoms with Gasteiger partial charge in [-0.3, -0.25) is 9.69 Å². The van der Waals surface area contributed by atoms with Crippen molar-refractivity contribution in [3.8, 4) is 0 Å². The predicted molar refractivity (Wildman–Crippen MR) is 56.8 cm³/mol. The summed E-state index contributed by atoms with van der Waals surface area (Å²) in [5, 5.41) is 11.6. The molecule has 1 aliphatic rings. The van der Waals surface area contributed by atoms with Gasteiger partial charge in [-0.25, -0.2) is 4.79 Å². The summed E-state index contributed by atoms with van der Waals surface area (Å²) >= 11 is 0. The van der Waals surface area contributed by atoms with E-state index in [2.05, 4.69) is 5.32 Å². The third-order valence-electron chi connectivity index (χ3n) is 2.59. The molecule has 0 saturated carbocycles. The van der Waals surface area contributed by atoms with Gasteiger partial charge in [-0.05, 0) is 5.56 Å². The van der Waals surface area contributed by atoms with Gasteiger partial charge in [-0.1, -0.05) is 30.3 Å². The minimum Gasteiger partial charge on any atom is -0.465 e. The maximum atomic E-state index is 11.2. The first-order chi connectivity index (χ1) is 7.68. The Labute approximate surface area is 92.7 Å². The smallest absolute Gasteiger partial charge is 0.408 e.